The van der Waals surface area contributed by atoms with Crippen molar-refractivity contribution in [3.05, 3.63) is 29.6 Å². The Kier molecular flexibility index (Phi) is 4.30. The van der Waals surface area contributed by atoms with E-state index in [0.29, 0.717) is 12.1 Å². The van der Waals surface area contributed by atoms with Gasteiger partial charge >= 0.3 is 0 Å². The molecule has 1 aromatic carbocycles. The highest BCUT2D eigenvalue weighted by atomic mass is 19.1. The van der Waals surface area contributed by atoms with Gasteiger partial charge in [-0.3, -0.25) is 0 Å². The fourth-order valence-electron chi connectivity index (χ4n) is 1.36. The zero-order chi connectivity index (χ0) is 12.2. The summed E-state index contributed by atoms with van der Waals surface area (Å²) in [5.41, 5.74) is 0.829. The molecule has 0 radical (unpaired) electrons. The average Bonchev–Trinajstić information content (AvgIpc) is 2.23. The summed E-state index contributed by atoms with van der Waals surface area (Å²) in [7, 11) is 0. The first-order valence-corrected chi connectivity index (χ1v) is 5.63. The minimum absolute atomic E-state index is 0.142. The summed E-state index contributed by atoms with van der Waals surface area (Å²) in [4.78, 5) is 0. The van der Waals surface area contributed by atoms with Crippen LogP contribution >= 0.6 is 0 Å². The van der Waals surface area contributed by atoms with E-state index in [2.05, 4.69) is 26.1 Å². The molecule has 3 heteroatoms. The van der Waals surface area contributed by atoms with Crippen molar-refractivity contribution in [3.63, 3.8) is 0 Å². The van der Waals surface area contributed by atoms with E-state index in [4.69, 9.17) is 0 Å². The van der Waals surface area contributed by atoms with Crippen LogP contribution in [0.5, 0.6) is 5.75 Å². The largest absolute Gasteiger partial charge is 0.508 e. The third kappa shape index (κ3) is 3.81. The Labute approximate surface area is 96.5 Å². The molecule has 0 amide bonds. The highest BCUT2D eigenvalue weighted by molar-refractivity contribution is 5.32. The highest BCUT2D eigenvalue weighted by Gasteiger charge is 2.14. The maximum atomic E-state index is 12.9. The van der Waals surface area contributed by atoms with Crippen LogP contribution in [0.15, 0.2) is 18.2 Å². The van der Waals surface area contributed by atoms with Crippen molar-refractivity contribution in [2.75, 3.05) is 6.54 Å². The third-order valence-electron chi connectivity index (χ3n) is 2.92. The second-order valence-electron chi connectivity index (χ2n) is 4.89. The van der Waals surface area contributed by atoms with Gasteiger partial charge in [-0.1, -0.05) is 20.8 Å². The van der Waals surface area contributed by atoms with E-state index < -0.39 is 0 Å². The van der Waals surface area contributed by atoms with Gasteiger partial charge in [-0.2, -0.15) is 0 Å². The number of phenolic OH excluding ortho intramolecular Hbond substituents is 1. The van der Waals surface area contributed by atoms with Crippen LogP contribution < -0.4 is 5.32 Å². The highest BCUT2D eigenvalue weighted by Crippen LogP contribution is 2.20. The minimum Gasteiger partial charge on any atom is -0.508 e. The Bertz CT molecular complexity index is 350. The normalized spacial score (nSPS) is 11.8. The standard InChI is InChI=1S/C13H20FNO/c1-4-13(2,3)9-15-8-10-7-11(14)5-6-12(10)16/h5-7,15-16H,4,8-9H2,1-3H3. The number of nitrogens with one attached hydrogen (secondary N) is 1. The summed E-state index contributed by atoms with van der Waals surface area (Å²) in [5.74, 6) is -0.174. The number of aromatic hydroxyl groups is 1. The number of hydrogen-bond donors (Lipinski definition) is 2. The van der Waals surface area contributed by atoms with Crippen LogP contribution in [-0.4, -0.2) is 11.7 Å². The molecule has 1 rings (SSSR count). The monoisotopic (exact) mass is 225 g/mol. The molecule has 0 aliphatic carbocycles. The molecule has 0 unspecified atom stereocenters. The summed E-state index contributed by atoms with van der Waals surface area (Å²) in [5, 5.41) is 12.7. The molecule has 1 aromatic rings. The van der Waals surface area contributed by atoms with Gasteiger partial charge < -0.3 is 10.4 Å². The molecule has 0 spiro atoms. The number of benzene rings is 1. The number of halogens is 1. The van der Waals surface area contributed by atoms with E-state index in [1.807, 2.05) is 0 Å². The van der Waals surface area contributed by atoms with E-state index in [0.717, 1.165) is 13.0 Å². The quantitative estimate of drug-likeness (QED) is 0.807. The fourth-order valence-corrected chi connectivity index (χ4v) is 1.36. The van der Waals surface area contributed by atoms with Crippen LogP contribution in [0.25, 0.3) is 0 Å². The van der Waals surface area contributed by atoms with Crippen molar-refractivity contribution in [1.29, 1.82) is 0 Å². The van der Waals surface area contributed by atoms with Gasteiger partial charge in [0.15, 0.2) is 0 Å². The van der Waals surface area contributed by atoms with Gasteiger partial charge in [0.25, 0.3) is 0 Å². The van der Waals surface area contributed by atoms with Crippen molar-refractivity contribution in [2.24, 2.45) is 5.41 Å². The number of hydrogen-bond acceptors (Lipinski definition) is 2. The van der Waals surface area contributed by atoms with Gasteiger partial charge in [0, 0.05) is 18.7 Å². The molecule has 0 bridgehead atoms. The molecular formula is C13H20FNO. The van der Waals surface area contributed by atoms with Crippen LogP contribution in [0.1, 0.15) is 32.8 Å². The molecule has 0 fully saturated rings. The van der Waals surface area contributed by atoms with Gasteiger partial charge in [-0.25, -0.2) is 4.39 Å². The average molecular weight is 225 g/mol. The molecule has 90 valence electrons. The lowest BCUT2D eigenvalue weighted by Crippen LogP contribution is -2.28. The number of rotatable bonds is 5. The van der Waals surface area contributed by atoms with E-state index >= 15 is 0 Å². The summed E-state index contributed by atoms with van der Waals surface area (Å²) in [6.07, 6.45) is 1.08. The summed E-state index contributed by atoms with van der Waals surface area (Å²) >= 11 is 0. The number of phenols is 1. The van der Waals surface area contributed by atoms with E-state index in [-0.39, 0.29) is 17.0 Å². The second-order valence-corrected chi connectivity index (χ2v) is 4.89. The fraction of sp³-hybridized carbons (Fsp3) is 0.538. The first kappa shape index (κ1) is 13.0. The van der Waals surface area contributed by atoms with Gasteiger partial charge in [-0.05, 0) is 30.0 Å². The maximum Gasteiger partial charge on any atom is 0.123 e. The third-order valence-corrected chi connectivity index (χ3v) is 2.92. The maximum absolute atomic E-state index is 12.9. The van der Waals surface area contributed by atoms with Gasteiger partial charge in [0.05, 0.1) is 0 Å². The van der Waals surface area contributed by atoms with Crippen LogP contribution in [0.4, 0.5) is 4.39 Å². The van der Waals surface area contributed by atoms with Gasteiger partial charge in [-0.15, -0.1) is 0 Å². The zero-order valence-corrected chi connectivity index (χ0v) is 10.2. The summed E-state index contributed by atoms with van der Waals surface area (Å²) < 4.78 is 12.9. The molecule has 2 N–H and O–H groups in total. The molecule has 2 nitrogen and oxygen atoms in total. The van der Waals surface area contributed by atoms with Crippen molar-refractivity contribution >= 4 is 0 Å². The topological polar surface area (TPSA) is 32.3 Å². The van der Waals surface area contributed by atoms with Crippen molar-refractivity contribution in [1.82, 2.24) is 5.32 Å². The Morgan fingerprint density at radius 1 is 1.38 bits per heavy atom. The summed E-state index contributed by atoms with van der Waals surface area (Å²) in [6.45, 7) is 7.82. The van der Waals surface area contributed by atoms with Crippen LogP contribution in [0, 0.1) is 11.2 Å². The van der Waals surface area contributed by atoms with Gasteiger partial charge in [0.1, 0.15) is 11.6 Å². The lowest BCUT2D eigenvalue weighted by atomic mass is 9.90. The lowest BCUT2D eigenvalue weighted by Gasteiger charge is -2.23. The Balaban J connectivity index is 2.52. The first-order valence-electron chi connectivity index (χ1n) is 5.63. The van der Waals surface area contributed by atoms with E-state index in [1.54, 1.807) is 0 Å². The van der Waals surface area contributed by atoms with E-state index in [9.17, 15) is 9.50 Å². The first-order chi connectivity index (χ1) is 7.44. The Hall–Kier alpha value is -1.09. The minimum atomic E-state index is -0.315. The SMILES string of the molecule is CCC(C)(C)CNCc1cc(F)ccc1O. The van der Waals surface area contributed by atoms with E-state index in [1.165, 1.54) is 18.2 Å². The Morgan fingerprint density at radius 2 is 2.06 bits per heavy atom. The summed E-state index contributed by atoms with van der Waals surface area (Å²) in [6, 6.07) is 4.01. The van der Waals surface area contributed by atoms with Gasteiger partial charge in [0.2, 0.25) is 0 Å². The molecule has 16 heavy (non-hydrogen) atoms. The molecule has 0 aliphatic rings. The molecule has 0 atom stereocenters. The molecule has 0 heterocycles. The Morgan fingerprint density at radius 3 is 2.69 bits per heavy atom. The van der Waals surface area contributed by atoms with Crippen LogP contribution in [-0.2, 0) is 6.54 Å². The van der Waals surface area contributed by atoms with Crippen molar-refractivity contribution < 1.29 is 9.50 Å². The molecule has 0 saturated carbocycles. The molecular weight excluding hydrogens is 205 g/mol. The molecule has 0 saturated heterocycles. The predicted molar refractivity (Wildman–Crippen MR) is 63.8 cm³/mol. The predicted octanol–water partition coefficient (Wildman–Crippen LogP) is 3.06. The lowest BCUT2D eigenvalue weighted by molar-refractivity contribution is 0.326. The second kappa shape index (κ2) is 5.30. The molecule has 0 aromatic heterocycles. The van der Waals surface area contributed by atoms with Crippen molar-refractivity contribution in [2.45, 2.75) is 33.7 Å². The van der Waals surface area contributed by atoms with Crippen LogP contribution in [0.2, 0.25) is 0 Å². The van der Waals surface area contributed by atoms with Crippen LogP contribution in [0.3, 0.4) is 0 Å². The zero-order valence-electron chi connectivity index (χ0n) is 10.2. The smallest absolute Gasteiger partial charge is 0.123 e. The van der Waals surface area contributed by atoms with Crippen molar-refractivity contribution in [3.8, 4) is 5.75 Å². The molecule has 0 aliphatic heterocycles.